The second-order valence-corrected chi connectivity index (χ2v) is 4.90. The fourth-order valence-corrected chi connectivity index (χ4v) is 2.04. The third kappa shape index (κ3) is 3.79. The molecule has 2 rings (SSSR count). The number of carbonyl (C=O) groups excluding carboxylic acids is 1. The first-order chi connectivity index (χ1) is 10.1. The van der Waals surface area contributed by atoms with Crippen LogP contribution in [0.1, 0.15) is 22.3 Å². The first-order valence-electron chi connectivity index (χ1n) is 6.92. The molecule has 0 aliphatic rings. The molecule has 5 heteroatoms. The third-order valence-corrected chi connectivity index (χ3v) is 3.24. The second-order valence-electron chi connectivity index (χ2n) is 4.90. The molecule has 1 heterocycles. The highest BCUT2D eigenvalue weighted by Crippen LogP contribution is 2.24. The summed E-state index contributed by atoms with van der Waals surface area (Å²) >= 11 is 0. The largest absolute Gasteiger partial charge is 0.366 e. The highest BCUT2D eigenvalue weighted by Gasteiger charge is 2.11. The first kappa shape index (κ1) is 15.0. The lowest BCUT2D eigenvalue weighted by molar-refractivity contribution is 0.1000. The van der Waals surface area contributed by atoms with Crippen LogP contribution in [0, 0.1) is 6.92 Å². The molecule has 2 aromatic rings. The number of anilines is 2. The fourth-order valence-electron chi connectivity index (χ4n) is 2.04. The van der Waals surface area contributed by atoms with E-state index in [1.54, 1.807) is 12.1 Å². The van der Waals surface area contributed by atoms with Crippen molar-refractivity contribution in [1.29, 1.82) is 0 Å². The zero-order valence-corrected chi connectivity index (χ0v) is 12.1. The summed E-state index contributed by atoms with van der Waals surface area (Å²) in [7, 11) is 0. The summed E-state index contributed by atoms with van der Waals surface area (Å²) in [5.41, 5.74) is 13.5. The molecule has 0 fully saturated rings. The van der Waals surface area contributed by atoms with Gasteiger partial charge in [-0.2, -0.15) is 0 Å². The van der Waals surface area contributed by atoms with Gasteiger partial charge in [0.15, 0.2) is 0 Å². The quantitative estimate of drug-likeness (QED) is 0.849. The molecule has 21 heavy (non-hydrogen) atoms. The Morgan fingerprint density at radius 1 is 1.19 bits per heavy atom. The molecule has 5 nitrogen and oxygen atoms in total. The van der Waals surface area contributed by atoms with Crippen molar-refractivity contribution in [3.8, 4) is 0 Å². The third-order valence-electron chi connectivity index (χ3n) is 3.24. The Morgan fingerprint density at radius 2 is 1.90 bits per heavy atom. The van der Waals surface area contributed by atoms with Crippen molar-refractivity contribution in [3.05, 3.63) is 53.7 Å². The van der Waals surface area contributed by atoms with Crippen LogP contribution < -0.4 is 16.4 Å². The summed E-state index contributed by atoms with van der Waals surface area (Å²) < 4.78 is 0. The molecule has 1 aromatic carbocycles. The number of hydrogen-bond acceptors (Lipinski definition) is 4. The minimum absolute atomic E-state index is 0.404. The number of rotatable bonds is 6. The molecule has 0 unspecified atom stereocenters. The van der Waals surface area contributed by atoms with Crippen molar-refractivity contribution in [3.63, 3.8) is 0 Å². The van der Waals surface area contributed by atoms with E-state index in [2.05, 4.69) is 34.1 Å². The molecule has 0 radical (unpaired) electrons. The highest BCUT2D eigenvalue weighted by atomic mass is 16.1. The predicted molar refractivity (Wildman–Crippen MR) is 84.6 cm³/mol. The molecule has 0 atom stereocenters. The number of aryl methyl sites for hydroxylation is 1. The van der Waals surface area contributed by atoms with E-state index in [0.717, 1.165) is 24.5 Å². The van der Waals surface area contributed by atoms with Gasteiger partial charge < -0.3 is 16.4 Å². The first-order valence-corrected chi connectivity index (χ1v) is 6.92. The number of amides is 1. The Hall–Kier alpha value is -2.40. The lowest BCUT2D eigenvalue weighted by atomic mass is 10.2. The number of primary amides is 1. The summed E-state index contributed by atoms with van der Waals surface area (Å²) in [5, 5.41) is 0. The molecule has 1 aromatic heterocycles. The van der Waals surface area contributed by atoms with Gasteiger partial charge in [0.25, 0.3) is 0 Å². The number of aromatic nitrogens is 1. The van der Waals surface area contributed by atoms with E-state index in [1.807, 2.05) is 6.92 Å². The summed E-state index contributed by atoms with van der Waals surface area (Å²) in [6.07, 6.45) is 2.36. The molecular formula is C16H20N4O. The van der Waals surface area contributed by atoms with Crippen molar-refractivity contribution in [2.24, 2.45) is 11.5 Å². The van der Waals surface area contributed by atoms with Crippen LogP contribution in [-0.2, 0) is 0 Å². The summed E-state index contributed by atoms with van der Waals surface area (Å²) in [6, 6.07) is 11.7. The van der Waals surface area contributed by atoms with Crippen molar-refractivity contribution in [2.75, 3.05) is 18.0 Å². The molecule has 0 saturated carbocycles. The highest BCUT2D eigenvalue weighted by molar-refractivity contribution is 5.92. The number of carbonyl (C=O) groups is 1. The van der Waals surface area contributed by atoms with Crippen LogP contribution in [0.3, 0.4) is 0 Å². The Bertz CT molecular complexity index is 593. The Balaban J connectivity index is 2.30. The van der Waals surface area contributed by atoms with E-state index in [1.165, 1.54) is 11.8 Å². The zero-order valence-electron chi connectivity index (χ0n) is 12.1. The van der Waals surface area contributed by atoms with Crippen molar-refractivity contribution in [1.82, 2.24) is 4.98 Å². The number of benzene rings is 1. The van der Waals surface area contributed by atoms with E-state index in [4.69, 9.17) is 11.5 Å². The van der Waals surface area contributed by atoms with Crippen molar-refractivity contribution < 1.29 is 4.79 Å². The van der Waals surface area contributed by atoms with Crippen LogP contribution in [-0.4, -0.2) is 24.0 Å². The lowest BCUT2D eigenvalue weighted by Crippen LogP contribution is -2.22. The summed E-state index contributed by atoms with van der Waals surface area (Å²) in [5.74, 6) is 0.301. The van der Waals surface area contributed by atoms with E-state index in [-0.39, 0.29) is 0 Å². The Morgan fingerprint density at radius 3 is 2.43 bits per heavy atom. The van der Waals surface area contributed by atoms with Gasteiger partial charge in [-0.05, 0) is 44.2 Å². The molecule has 0 aliphatic heterocycles. The van der Waals surface area contributed by atoms with Crippen LogP contribution in [0.15, 0.2) is 42.6 Å². The second kappa shape index (κ2) is 6.85. The van der Waals surface area contributed by atoms with E-state index < -0.39 is 5.91 Å². The van der Waals surface area contributed by atoms with Gasteiger partial charge in [-0.3, -0.25) is 4.79 Å². The van der Waals surface area contributed by atoms with Gasteiger partial charge in [-0.1, -0.05) is 17.7 Å². The van der Waals surface area contributed by atoms with Crippen LogP contribution >= 0.6 is 0 Å². The summed E-state index contributed by atoms with van der Waals surface area (Å²) in [6.45, 7) is 3.43. The van der Waals surface area contributed by atoms with Crippen LogP contribution in [0.5, 0.6) is 0 Å². The van der Waals surface area contributed by atoms with E-state index in [0.29, 0.717) is 12.1 Å². The SMILES string of the molecule is Cc1ccc(N(CCCN)c2ccc(C(N)=O)cn2)cc1. The van der Waals surface area contributed by atoms with Crippen molar-refractivity contribution in [2.45, 2.75) is 13.3 Å². The fraction of sp³-hybridized carbons (Fsp3) is 0.250. The van der Waals surface area contributed by atoms with E-state index >= 15 is 0 Å². The zero-order chi connectivity index (χ0) is 15.2. The number of nitrogens with two attached hydrogens (primary N) is 2. The maximum atomic E-state index is 11.1. The number of hydrogen-bond donors (Lipinski definition) is 2. The number of nitrogens with zero attached hydrogens (tertiary/aromatic N) is 2. The minimum Gasteiger partial charge on any atom is -0.366 e. The molecule has 0 saturated heterocycles. The van der Waals surface area contributed by atoms with Crippen molar-refractivity contribution >= 4 is 17.4 Å². The van der Waals surface area contributed by atoms with Gasteiger partial charge in [0, 0.05) is 18.4 Å². The monoisotopic (exact) mass is 284 g/mol. The van der Waals surface area contributed by atoms with Gasteiger partial charge in [0.1, 0.15) is 5.82 Å². The maximum Gasteiger partial charge on any atom is 0.250 e. The van der Waals surface area contributed by atoms with Crippen LogP contribution in [0.25, 0.3) is 0 Å². The normalized spacial score (nSPS) is 10.4. The van der Waals surface area contributed by atoms with Gasteiger partial charge >= 0.3 is 0 Å². The molecular weight excluding hydrogens is 264 g/mol. The average molecular weight is 284 g/mol. The topological polar surface area (TPSA) is 85.2 Å². The van der Waals surface area contributed by atoms with Gasteiger partial charge in [0.05, 0.1) is 5.56 Å². The minimum atomic E-state index is -0.474. The summed E-state index contributed by atoms with van der Waals surface area (Å²) in [4.78, 5) is 17.5. The Labute approximate surface area is 124 Å². The van der Waals surface area contributed by atoms with Gasteiger partial charge in [0.2, 0.25) is 5.91 Å². The van der Waals surface area contributed by atoms with Crippen LogP contribution in [0.2, 0.25) is 0 Å². The molecule has 1 amide bonds. The molecule has 0 aliphatic carbocycles. The molecule has 110 valence electrons. The standard InChI is InChI=1S/C16H20N4O/c1-12-3-6-14(7-4-12)20(10-2-9-17)15-8-5-13(11-19-15)16(18)21/h3-8,11H,2,9-10,17H2,1H3,(H2,18,21). The number of pyridine rings is 1. The maximum absolute atomic E-state index is 11.1. The predicted octanol–water partition coefficient (Wildman–Crippen LogP) is 1.98. The average Bonchev–Trinajstić information content (AvgIpc) is 2.50. The molecule has 0 spiro atoms. The van der Waals surface area contributed by atoms with Gasteiger partial charge in [-0.15, -0.1) is 0 Å². The van der Waals surface area contributed by atoms with Crippen LogP contribution in [0.4, 0.5) is 11.5 Å². The Kier molecular flexibility index (Phi) is 4.90. The van der Waals surface area contributed by atoms with E-state index in [9.17, 15) is 4.79 Å². The molecule has 4 N–H and O–H groups in total. The van der Waals surface area contributed by atoms with Gasteiger partial charge in [-0.25, -0.2) is 4.98 Å². The molecule has 0 bridgehead atoms. The smallest absolute Gasteiger partial charge is 0.250 e. The lowest BCUT2D eigenvalue weighted by Gasteiger charge is -2.24.